The molecule has 0 fully saturated rings. The van der Waals surface area contributed by atoms with E-state index >= 15 is 0 Å². The van der Waals surface area contributed by atoms with Crippen LogP contribution in [0.4, 0.5) is 11.4 Å². The highest BCUT2D eigenvalue weighted by atomic mass is 16.2. The van der Waals surface area contributed by atoms with Crippen LogP contribution >= 0.6 is 0 Å². The maximum atomic E-state index is 11.5. The molecule has 2 aliphatic rings. The van der Waals surface area contributed by atoms with Crippen LogP contribution in [0.15, 0.2) is 28.3 Å². The van der Waals surface area contributed by atoms with Gasteiger partial charge in [-0.3, -0.25) is 4.79 Å². The van der Waals surface area contributed by atoms with Crippen molar-refractivity contribution >= 4 is 29.3 Å². The summed E-state index contributed by atoms with van der Waals surface area (Å²) in [4.78, 5) is 15.7. The fourth-order valence-corrected chi connectivity index (χ4v) is 2.43. The number of carbonyl (C=O) groups excluding carboxylic acids is 1. The van der Waals surface area contributed by atoms with Gasteiger partial charge in [-0.15, -0.1) is 0 Å². The van der Waals surface area contributed by atoms with Crippen LogP contribution in [-0.4, -0.2) is 18.0 Å². The van der Waals surface area contributed by atoms with Gasteiger partial charge < -0.3 is 0 Å². The second-order valence-corrected chi connectivity index (χ2v) is 5.16. The Hall–Kier alpha value is -2.17. The van der Waals surface area contributed by atoms with E-state index in [1.54, 1.807) is 6.34 Å². The summed E-state index contributed by atoms with van der Waals surface area (Å²) in [7, 11) is 0. The van der Waals surface area contributed by atoms with Gasteiger partial charge in [-0.1, -0.05) is 19.9 Å². The van der Waals surface area contributed by atoms with Gasteiger partial charge in [0.25, 0.3) is 0 Å². The molecule has 2 heterocycles. The predicted octanol–water partition coefficient (Wildman–Crippen LogP) is 2.09. The molecule has 19 heavy (non-hydrogen) atoms. The van der Waals surface area contributed by atoms with Crippen LogP contribution in [0.25, 0.3) is 0 Å². The van der Waals surface area contributed by atoms with Gasteiger partial charge in [-0.2, -0.15) is 5.10 Å². The van der Waals surface area contributed by atoms with E-state index in [1.807, 2.05) is 18.2 Å². The number of fused-ring (bicyclic) bond motifs is 1. The largest absolute Gasteiger partial charge is 0.273 e. The zero-order valence-electron chi connectivity index (χ0n) is 10.9. The molecular formula is C14H15N4O. The first-order chi connectivity index (χ1) is 9.15. The van der Waals surface area contributed by atoms with Gasteiger partial charge in [-0.05, 0) is 18.1 Å². The van der Waals surface area contributed by atoms with Gasteiger partial charge in [0.1, 0.15) is 6.34 Å². The summed E-state index contributed by atoms with van der Waals surface area (Å²) in [6.07, 6.45) is 2.04. The third-order valence-corrected chi connectivity index (χ3v) is 3.53. The van der Waals surface area contributed by atoms with E-state index < -0.39 is 0 Å². The smallest absolute Gasteiger partial charge is 0.240 e. The Balaban J connectivity index is 2.00. The molecule has 1 aromatic rings. The quantitative estimate of drug-likeness (QED) is 0.863. The van der Waals surface area contributed by atoms with E-state index in [1.165, 1.54) is 0 Å². The van der Waals surface area contributed by atoms with E-state index in [9.17, 15) is 4.79 Å². The van der Waals surface area contributed by atoms with Crippen molar-refractivity contribution in [1.82, 2.24) is 10.7 Å². The number of nitrogens with zero attached hydrogens (tertiary/aromatic N) is 3. The van der Waals surface area contributed by atoms with E-state index in [4.69, 9.17) is 0 Å². The Labute approximate surface area is 111 Å². The van der Waals surface area contributed by atoms with E-state index in [-0.39, 0.29) is 11.8 Å². The summed E-state index contributed by atoms with van der Waals surface area (Å²) in [6, 6.07) is 5.91. The minimum absolute atomic E-state index is 0.0170. The number of benzene rings is 1. The summed E-state index contributed by atoms with van der Waals surface area (Å²) in [5.41, 5.74) is 6.25. The fourth-order valence-electron chi connectivity index (χ4n) is 2.43. The van der Waals surface area contributed by atoms with Gasteiger partial charge in [0, 0.05) is 17.9 Å². The van der Waals surface area contributed by atoms with Crippen molar-refractivity contribution in [2.75, 3.05) is 0 Å². The number of nitrogens with one attached hydrogen (secondary N) is 1. The summed E-state index contributed by atoms with van der Waals surface area (Å²) in [5, 5.41) is 8.39. The number of hydrazone groups is 1. The minimum atomic E-state index is -0.0170. The molecule has 0 saturated carbocycles. The average Bonchev–Trinajstić information content (AvgIpc) is 2.85. The lowest BCUT2D eigenvalue weighted by atomic mass is 9.83. The number of aliphatic imine (C=N–C) groups is 1. The molecule has 1 unspecified atom stereocenters. The number of amides is 1. The third-order valence-electron chi connectivity index (χ3n) is 3.53. The second-order valence-electron chi connectivity index (χ2n) is 5.16. The van der Waals surface area contributed by atoms with Crippen LogP contribution in [0.5, 0.6) is 0 Å². The van der Waals surface area contributed by atoms with Crippen molar-refractivity contribution in [3.63, 3.8) is 0 Å². The van der Waals surface area contributed by atoms with Gasteiger partial charge >= 0.3 is 0 Å². The maximum absolute atomic E-state index is 11.5. The minimum Gasteiger partial charge on any atom is -0.273 e. The van der Waals surface area contributed by atoms with Crippen LogP contribution in [0.3, 0.4) is 0 Å². The normalized spacial score (nSPS) is 20.9. The fraction of sp³-hybridized carbons (Fsp3) is 0.357. The lowest BCUT2D eigenvalue weighted by Gasteiger charge is -2.26. The molecule has 5 nitrogen and oxygen atoms in total. The van der Waals surface area contributed by atoms with E-state index in [0.717, 1.165) is 22.6 Å². The standard InChI is InChI=1S/C14H15N4O/c1-8(2)10-6-13(19)17-18-14(10)9-3-4-11-12(5-9)16-7-15-11/h3-5,7-8,10H,6H2,1-2H3,(H,17,19). The number of hydrogen-bond acceptors (Lipinski definition) is 3. The van der Waals surface area contributed by atoms with Crippen molar-refractivity contribution in [3.8, 4) is 0 Å². The van der Waals surface area contributed by atoms with Crippen molar-refractivity contribution in [3.05, 3.63) is 23.8 Å². The van der Waals surface area contributed by atoms with Gasteiger partial charge in [0.2, 0.25) is 5.91 Å². The van der Waals surface area contributed by atoms with Crippen LogP contribution in [0.1, 0.15) is 25.8 Å². The van der Waals surface area contributed by atoms with Crippen molar-refractivity contribution in [2.45, 2.75) is 20.3 Å². The van der Waals surface area contributed by atoms with E-state index in [0.29, 0.717) is 12.3 Å². The molecule has 1 aromatic carbocycles. The first-order valence-electron chi connectivity index (χ1n) is 6.39. The monoisotopic (exact) mass is 255 g/mol. The highest BCUT2D eigenvalue weighted by Gasteiger charge is 2.28. The molecule has 0 aliphatic carbocycles. The molecule has 1 atom stereocenters. The zero-order chi connectivity index (χ0) is 13.4. The number of carbonyl (C=O) groups is 1. The Kier molecular flexibility index (Phi) is 2.81. The first kappa shape index (κ1) is 11.9. The molecule has 5 heteroatoms. The summed E-state index contributed by atoms with van der Waals surface area (Å²) in [6.45, 7) is 4.22. The molecule has 1 radical (unpaired) electrons. The highest BCUT2D eigenvalue weighted by molar-refractivity contribution is 6.07. The SMILES string of the molecule is CC(C)C1CC(=O)NN=C1c1ccc2c(c1)N=C[N]2. The highest BCUT2D eigenvalue weighted by Crippen LogP contribution is 2.32. The van der Waals surface area contributed by atoms with Crippen LogP contribution < -0.4 is 10.7 Å². The molecule has 1 N–H and O–H groups in total. The molecular weight excluding hydrogens is 240 g/mol. The zero-order valence-corrected chi connectivity index (χ0v) is 10.9. The molecule has 0 saturated heterocycles. The van der Waals surface area contributed by atoms with Crippen molar-refractivity contribution in [2.24, 2.45) is 21.9 Å². The van der Waals surface area contributed by atoms with Crippen LogP contribution in [0, 0.1) is 11.8 Å². The van der Waals surface area contributed by atoms with Crippen LogP contribution in [-0.2, 0) is 4.79 Å². The number of rotatable bonds is 2. The topological polar surface area (TPSA) is 67.9 Å². The van der Waals surface area contributed by atoms with Gasteiger partial charge in [-0.25, -0.2) is 15.7 Å². The van der Waals surface area contributed by atoms with Gasteiger partial charge in [0.05, 0.1) is 17.1 Å². The summed E-state index contributed by atoms with van der Waals surface area (Å²) < 4.78 is 0. The Bertz CT molecular complexity index is 589. The Morgan fingerprint density at radius 1 is 1.32 bits per heavy atom. The first-order valence-corrected chi connectivity index (χ1v) is 6.39. The Morgan fingerprint density at radius 2 is 2.16 bits per heavy atom. The number of hydrogen-bond donors (Lipinski definition) is 1. The Morgan fingerprint density at radius 3 is 2.95 bits per heavy atom. The lowest BCUT2D eigenvalue weighted by molar-refractivity contribution is -0.122. The lowest BCUT2D eigenvalue weighted by Crippen LogP contribution is -2.35. The van der Waals surface area contributed by atoms with Crippen LogP contribution in [0.2, 0.25) is 0 Å². The van der Waals surface area contributed by atoms with Gasteiger partial charge in [0.15, 0.2) is 0 Å². The molecule has 2 aliphatic heterocycles. The maximum Gasteiger partial charge on any atom is 0.240 e. The molecule has 0 spiro atoms. The summed E-state index contributed by atoms with van der Waals surface area (Å²) in [5.74, 6) is 0.497. The average molecular weight is 255 g/mol. The molecule has 0 aromatic heterocycles. The van der Waals surface area contributed by atoms with Crippen molar-refractivity contribution < 1.29 is 4.79 Å². The molecule has 1 amide bonds. The second kappa shape index (κ2) is 4.50. The summed E-state index contributed by atoms with van der Waals surface area (Å²) >= 11 is 0. The predicted molar refractivity (Wildman–Crippen MR) is 74.0 cm³/mol. The third kappa shape index (κ3) is 2.12. The van der Waals surface area contributed by atoms with Crippen molar-refractivity contribution in [1.29, 1.82) is 0 Å². The molecule has 97 valence electrons. The molecule has 0 bridgehead atoms. The molecule has 3 rings (SSSR count). The van der Waals surface area contributed by atoms with E-state index in [2.05, 4.69) is 34.7 Å².